The summed E-state index contributed by atoms with van der Waals surface area (Å²) in [5, 5.41) is 29.9. The SMILES string of the molecule is CC(O)CC(=O)N(C(=O)C(N)Cc1ccc(O)cc1)C(Cc1c[nH]c2ccccc12)C(=O)O. The minimum absolute atomic E-state index is 0.0387. The molecule has 2 amide bonds. The van der Waals surface area contributed by atoms with Crippen molar-refractivity contribution in [2.75, 3.05) is 0 Å². The number of rotatable bonds is 9. The summed E-state index contributed by atoms with van der Waals surface area (Å²) in [6, 6.07) is 10.7. The average Bonchev–Trinajstić information content (AvgIpc) is 3.17. The lowest BCUT2D eigenvalue weighted by atomic mass is 10.00. The Hall–Kier alpha value is -3.69. The van der Waals surface area contributed by atoms with Crippen LogP contribution in [0.1, 0.15) is 24.5 Å². The number of phenolic OH excluding ortho intramolecular Hbond substituents is 1. The first-order valence-corrected chi connectivity index (χ1v) is 10.5. The van der Waals surface area contributed by atoms with Crippen LogP contribution in [0.3, 0.4) is 0 Å². The number of nitrogens with two attached hydrogens (primary N) is 1. The van der Waals surface area contributed by atoms with Gasteiger partial charge in [0.2, 0.25) is 11.8 Å². The molecule has 1 heterocycles. The van der Waals surface area contributed by atoms with Crippen LogP contribution in [0.5, 0.6) is 5.75 Å². The minimum atomic E-state index is -1.51. The van der Waals surface area contributed by atoms with Crippen LogP contribution >= 0.6 is 0 Å². The highest BCUT2D eigenvalue weighted by Crippen LogP contribution is 2.22. The van der Waals surface area contributed by atoms with Crippen molar-refractivity contribution in [3.8, 4) is 5.75 Å². The number of fused-ring (bicyclic) bond motifs is 1. The number of aromatic hydroxyl groups is 1. The second-order valence-corrected chi connectivity index (χ2v) is 8.05. The Morgan fingerprint density at radius 2 is 1.73 bits per heavy atom. The molecule has 1 aromatic heterocycles. The highest BCUT2D eigenvalue weighted by atomic mass is 16.4. The number of carbonyl (C=O) groups is 3. The zero-order valence-corrected chi connectivity index (χ0v) is 18.1. The fourth-order valence-electron chi connectivity index (χ4n) is 3.75. The van der Waals surface area contributed by atoms with Crippen molar-refractivity contribution in [1.82, 2.24) is 9.88 Å². The molecule has 3 aromatic rings. The van der Waals surface area contributed by atoms with Crippen molar-refractivity contribution in [2.45, 2.75) is 44.4 Å². The number of carboxylic acids is 1. The van der Waals surface area contributed by atoms with Gasteiger partial charge in [-0.1, -0.05) is 30.3 Å². The third kappa shape index (κ3) is 5.76. The van der Waals surface area contributed by atoms with Gasteiger partial charge in [0.1, 0.15) is 11.8 Å². The Morgan fingerprint density at radius 3 is 2.36 bits per heavy atom. The summed E-state index contributed by atoms with van der Waals surface area (Å²) >= 11 is 0. The van der Waals surface area contributed by atoms with E-state index in [9.17, 15) is 29.7 Å². The number of carboxylic acid groups (broad SMARTS) is 1. The van der Waals surface area contributed by atoms with Crippen LogP contribution in [0.25, 0.3) is 10.9 Å². The van der Waals surface area contributed by atoms with E-state index in [0.29, 0.717) is 16.0 Å². The molecule has 174 valence electrons. The summed E-state index contributed by atoms with van der Waals surface area (Å²) in [7, 11) is 0. The third-order valence-corrected chi connectivity index (χ3v) is 5.37. The highest BCUT2D eigenvalue weighted by molar-refractivity contribution is 6.01. The van der Waals surface area contributed by atoms with Crippen LogP contribution in [0, 0.1) is 0 Å². The van der Waals surface area contributed by atoms with Crippen molar-refractivity contribution in [3.05, 3.63) is 65.9 Å². The van der Waals surface area contributed by atoms with Gasteiger partial charge in [-0.2, -0.15) is 0 Å². The summed E-state index contributed by atoms with van der Waals surface area (Å²) in [5.74, 6) is -2.97. The van der Waals surface area contributed by atoms with Gasteiger partial charge < -0.3 is 26.0 Å². The Morgan fingerprint density at radius 1 is 1.06 bits per heavy atom. The molecular formula is C24H27N3O6. The molecule has 0 radical (unpaired) electrons. The fourth-order valence-corrected chi connectivity index (χ4v) is 3.75. The van der Waals surface area contributed by atoms with E-state index in [4.69, 9.17) is 5.73 Å². The number of hydrogen-bond acceptors (Lipinski definition) is 6. The number of phenols is 1. The molecule has 9 heteroatoms. The normalized spacial score (nSPS) is 13.9. The second-order valence-electron chi connectivity index (χ2n) is 8.05. The number of H-pyrrole nitrogens is 1. The van der Waals surface area contributed by atoms with Gasteiger partial charge in [0.15, 0.2) is 0 Å². The number of carbonyl (C=O) groups excluding carboxylic acids is 2. The second kappa shape index (κ2) is 10.3. The van der Waals surface area contributed by atoms with Crippen molar-refractivity contribution in [2.24, 2.45) is 5.73 Å². The van der Waals surface area contributed by atoms with Crippen LogP contribution in [-0.2, 0) is 27.2 Å². The number of para-hydroxylation sites is 1. The van der Waals surface area contributed by atoms with E-state index in [1.807, 2.05) is 24.3 Å². The van der Waals surface area contributed by atoms with E-state index in [-0.39, 0.29) is 18.6 Å². The number of aliphatic hydroxyl groups is 1. The molecule has 0 fully saturated rings. The monoisotopic (exact) mass is 453 g/mol. The van der Waals surface area contributed by atoms with Crippen molar-refractivity contribution in [1.29, 1.82) is 0 Å². The lowest BCUT2D eigenvalue weighted by molar-refractivity contribution is -0.159. The molecule has 33 heavy (non-hydrogen) atoms. The maximum absolute atomic E-state index is 13.3. The molecule has 3 unspecified atom stereocenters. The average molecular weight is 453 g/mol. The molecule has 6 N–H and O–H groups in total. The molecule has 0 aliphatic heterocycles. The molecule has 0 spiro atoms. The molecule has 0 bridgehead atoms. The maximum Gasteiger partial charge on any atom is 0.327 e. The predicted octanol–water partition coefficient (Wildman–Crippen LogP) is 1.57. The highest BCUT2D eigenvalue weighted by Gasteiger charge is 2.37. The van der Waals surface area contributed by atoms with Gasteiger partial charge >= 0.3 is 5.97 Å². The van der Waals surface area contributed by atoms with E-state index in [1.165, 1.54) is 19.1 Å². The molecule has 3 rings (SSSR count). The first kappa shape index (κ1) is 24.0. The zero-order valence-electron chi connectivity index (χ0n) is 18.1. The zero-order chi connectivity index (χ0) is 24.1. The first-order valence-electron chi connectivity index (χ1n) is 10.5. The number of nitrogens with zero attached hydrogens (tertiary/aromatic N) is 1. The van der Waals surface area contributed by atoms with Gasteiger partial charge in [-0.05, 0) is 42.7 Å². The number of aromatic amines is 1. The maximum atomic E-state index is 13.3. The molecule has 2 aromatic carbocycles. The molecule has 0 saturated heterocycles. The molecule has 9 nitrogen and oxygen atoms in total. The van der Waals surface area contributed by atoms with Gasteiger partial charge in [0.05, 0.1) is 18.6 Å². The van der Waals surface area contributed by atoms with Crippen LogP contribution in [-0.4, -0.2) is 61.2 Å². The van der Waals surface area contributed by atoms with E-state index in [1.54, 1.807) is 18.3 Å². The summed E-state index contributed by atoms with van der Waals surface area (Å²) in [4.78, 5) is 42.1. The number of aliphatic carboxylic acids is 1. The predicted molar refractivity (Wildman–Crippen MR) is 121 cm³/mol. The van der Waals surface area contributed by atoms with E-state index < -0.39 is 42.4 Å². The number of aromatic nitrogens is 1. The molecule has 0 saturated carbocycles. The Labute approximate surface area is 190 Å². The van der Waals surface area contributed by atoms with Gasteiger partial charge in [-0.3, -0.25) is 14.5 Å². The molecular weight excluding hydrogens is 426 g/mol. The molecule has 0 aliphatic carbocycles. The van der Waals surface area contributed by atoms with E-state index in [0.717, 1.165) is 10.9 Å². The lowest BCUT2D eigenvalue weighted by Gasteiger charge is -2.30. The number of nitrogens with one attached hydrogen (secondary N) is 1. The Bertz CT molecular complexity index is 1140. The van der Waals surface area contributed by atoms with Gasteiger partial charge in [0.25, 0.3) is 0 Å². The molecule has 3 atom stereocenters. The van der Waals surface area contributed by atoms with Crippen molar-refractivity contribution >= 4 is 28.7 Å². The summed E-state index contributed by atoms with van der Waals surface area (Å²) in [5.41, 5.74) is 8.16. The number of hydrogen-bond donors (Lipinski definition) is 5. The van der Waals surface area contributed by atoms with E-state index in [2.05, 4.69) is 4.98 Å². The third-order valence-electron chi connectivity index (χ3n) is 5.37. The topological polar surface area (TPSA) is 157 Å². The standard InChI is InChI=1S/C24H27N3O6/c1-14(28)10-22(30)27(23(31)19(25)11-15-6-8-17(29)9-7-15)21(24(32)33)12-16-13-26-20-5-3-2-4-18(16)20/h2-9,13-14,19,21,26,28-29H,10-12,25H2,1H3,(H,32,33). The van der Waals surface area contributed by atoms with Gasteiger partial charge in [-0.15, -0.1) is 0 Å². The lowest BCUT2D eigenvalue weighted by Crippen LogP contribution is -2.56. The molecule has 0 aliphatic rings. The summed E-state index contributed by atoms with van der Waals surface area (Å²) < 4.78 is 0. The summed E-state index contributed by atoms with van der Waals surface area (Å²) in [6.07, 6.45) is 0.0804. The minimum Gasteiger partial charge on any atom is -0.508 e. The van der Waals surface area contributed by atoms with Gasteiger partial charge in [-0.25, -0.2) is 4.79 Å². The van der Waals surface area contributed by atoms with Crippen molar-refractivity contribution < 1.29 is 29.7 Å². The number of benzene rings is 2. The van der Waals surface area contributed by atoms with Crippen LogP contribution < -0.4 is 5.73 Å². The van der Waals surface area contributed by atoms with Crippen LogP contribution in [0.4, 0.5) is 0 Å². The Balaban J connectivity index is 1.92. The van der Waals surface area contributed by atoms with Crippen LogP contribution in [0.15, 0.2) is 54.7 Å². The number of aliphatic hydroxyl groups excluding tert-OH is 1. The summed E-state index contributed by atoms with van der Waals surface area (Å²) in [6.45, 7) is 1.38. The largest absolute Gasteiger partial charge is 0.508 e. The van der Waals surface area contributed by atoms with Gasteiger partial charge in [0, 0.05) is 23.5 Å². The van der Waals surface area contributed by atoms with Crippen molar-refractivity contribution in [3.63, 3.8) is 0 Å². The quantitative estimate of drug-likeness (QED) is 0.329. The Kier molecular flexibility index (Phi) is 7.47. The fraction of sp³-hybridized carbons (Fsp3) is 0.292. The smallest absolute Gasteiger partial charge is 0.327 e. The van der Waals surface area contributed by atoms with E-state index >= 15 is 0 Å². The first-order chi connectivity index (χ1) is 15.7. The number of imide groups is 1. The number of amides is 2. The van der Waals surface area contributed by atoms with Crippen LogP contribution in [0.2, 0.25) is 0 Å².